The number of halogens is 3. The van der Waals surface area contributed by atoms with Gasteiger partial charge in [0.2, 0.25) is 0 Å². The highest BCUT2D eigenvalue weighted by atomic mass is 35.6. The van der Waals surface area contributed by atoms with Crippen molar-refractivity contribution in [3.63, 3.8) is 0 Å². The second-order valence-corrected chi connectivity index (χ2v) is 7.40. The Hall–Kier alpha value is -0.970. The molecule has 0 aliphatic heterocycles. The van der Waals surface area contributed by atoms with Gasteiger partial charge in [-0.2, -0.15) is 0 Å². The van der Waals surface area contributed by atoms with Crippen LogP contribution in [0.5, 0.6) is 0 Å². The summed E-state index contributed by atoms with van der Waals surface area (Å²) in [6.45, 7) is 5.27. The molecule has 1 N–H and O–H groups in total. The third kappa shape index (κ3) is 4.54. The van der Waals surface area contributed by atoms with Crippen LogP contribution in [0.25, 0.3) is 0 Å². The molecule has 2 amide bonds. The van der Waals surface area contributed by atoms with E-state index in [1.165, 1.54) is 0 Å². The van der Waals surface area contributed by atoms with E-state index >= 15 is 0 Å². The molecule has 0 aliphatic carbocycles. The van der Waals surface area contributed by atoms with Gasteiger partial charge in [-0.15, -0.1) is 0 Å². The molecule has 0 spiro atoms. The fourth-order valence-electron chi connectivity index (χ4n) is 1.40. The number of nitrogens with one attached hydrogen (secondary N) is 1. The molecular weight excluding hydrogens is 323 g/mol. The second-order valence-electron chi connectivity index (χ2n) is 5.12. The standard InChI is InChI=1S/C13H15Cl3N2O2/c1-12(2,3)18(17-11(20)13(14,15)16)10(19)9-7-5-4-6-8-9/h4-8H,1-3H3,(H,17,20). The van der Waals surface area contributed by atoms with E-state index in [2.05, 4.69) is 5.43 Å². The zero-order chi connectivity index (χ0) is 15.6. The first-order valence-corrected chi connectivity index (χ1v) is 6.94. The van der Waals surface area contributed by atoms with Crippen molar-refractivity contribution in [2.45, 2.75) is 30.1 Å². The van der Waals surface area contributed by atoms with Crippen LogP contribution < -0.4 is 5.43 Å². The summed E-state index contributed by atoms with van der Waals surface area (Å²) in [4.78, 5) is 24.2. The second kappa shape index (κ2) is 6.20. The van der Waals surface area contributed by atoms with Crippen molar-refractivity contribution in [3.8, 4) is 0 Å². The quantitative estimate of drug-likeness (QED) is 0.631. The minimum atomic E-state index is -2.14. The van der Waals surface area contributed by atoms with E-state index in [4.69, 9.17) is 34.8 Å². The monoisotopic (exact) mass is 336 g/mol. The van der Waals surface area contributed by atoms with Gasteiger partial charge in [0, 0.05) is 5.56 Å². The van der Waals surface area contributed by atoms with Crippen LogP contribution in [-0.4, -0.2) is 26.2 Å². The lowest BCUT2D eigenvalue weighted by molar-refractivity contribution is -0.125. The van der Waals surface area contributed by atoms with Gasteiger partial charge in [-0.25, -0.2) is 5.01 Å². The molecule has 1 aromatic carbocycles. The fraction of sp³-hybridized carbons (Fsp3) is 0.385. The summed E-state index contributed by atoms with van der Waals surface area (Å²) >= 11 is 16.5. The Bertz CT molecular complexity index is 493. The number of rotatable bonds is 1. The maximum Gasteiger partial charge on any atom is 0.290 e. The largest absolute Gasteiger partial charge is 0.290 e. The Labute approximate surface area is 132 Å². The predicted octanol–water partition coefficient (Wildman–Crippen LogP) is 3.33. The molecule has 4 nitrogen and oxygen atoms in total. The van der Waals surface area contributed by atoms with Crippen molar-refractivity contribution in [2.24, 2.45) is 0 Å². The van der Waals surface area contributed by atoms with Crippen LogP contribution in [0.1, 0.15) is 31.1 Å². The minimum Gasteiger partial charge on any atom is -0.268 e. The molecule has 0 fully saturated rings. The summed E-state index contributed by atoms with van der Waals surface area (Å²) in [5.74, 6) is -1.28. The van der Waals surface area contributed by atoms with Crippen LogP contribution in [-0.2, 0) is 4.79 Å². The van der Waals surface area contributed by atoms with Crippen molar-refractivity contribution in [1.82, 2.24) is 10.4 Å². The van der Waals surface area contributed by atoms with Crippen molar-refractivity contribution in [2.75, 3.05) is 0 Å². The minimum absolute atomic E-state index is 0.388. The molecule has 0 heterocycles. The number of nitrogens with zero attached hydrogens (tertiary/aromatic N) is 1. The van der Waals surface area contributed by atoms with E-state index in [0.29, 0.717) is 5.56 Å². The van der Waals surface area contributed by atoms with Gasteiger partial charge in [-0.1, -0.05) is 53.0 Å². The average molecular weight is 338 g/mol. The van der Waals surface area contributed by atoms with E-state index < -0.39 is 15.2 Å². The summed E-state index contributed by atoms with van der Waals surface area (Å²) in [6.07, 6.45) is 0. The van der Waals surface area contributed by atoms with E-state index in [1.807, 2.05) is 0 Å². The summed E-state index contributed by atoms with van der Waals surface area (Å²) in [7, 11) is 0. The van der Waals surface area contributed by atoms with Crippen molar-refractivity contribution in [3.05, 3.63) is 35.9 Å². The number of hydrazine groups is 1. The van der Waals surface area contributed by atoms with E-state index in [1.54, 1.807) is 51.1 Å². The summed E-state index contributed by atoms with van der Waals surface area (Å²) in [5.41, 5.74) is 2.09. The SMILES string of the molecule is CC(C)(C)N(NC(=O)C(Cl)(Cl)Cl)C(=O)c1ccccc1. The van der Waals surface area contributed by atoms with Crippen molar-refractivity contribution in [1.29, 1.82) is 0 Å². The van der Waals surface area contributed by atoms with Crippen LogP contribution in [0.2, 0.25) is 0 Å². The predicted molar refractivity (Wildman–Crippen MR) is 80.8 cm³/mol. The van der Waals surface area contributed by atoms with E-state index in [9.17, 15) is 9.59 Å². The van der Waals surface area contributed by atoms with Gasteiger partial charge in [0.15, 0.2) is 0 Å². The number of benzene rings is 1. The van der Waals surface area contributed by atoms with E-state index in [0.717, 1.165) is 5.01 Å². The summed E-state index contributed by atoms with van der Waals surface area (Å²) in [5, 5.41) is 1.15. The van der Waals surface area contributed by atoms with Crippen LogP contribution >= 0.6 is 34.8 Å². The normalized spacial score (nSPS) is 11.9. The molecule has 20 heavy (non-hydrogen) atoms. The Balaban J connectivity index is 3.03. The lowest BCUT2D eigenvalue weighted by Crippen LogP contribution is -2.58. The molecule has 0 saturated carbocycles. The lowest BCUT2D eigenvalue weighted by Gasteiger charge is -2.36. The number of hydrogen-bond donors (Lipinski definition) is 1. The maximum atomic E-state index is 12.4. The fourth-order valence-corrected chi connectivity index (χ4v) is 1.52. The highest BCUT2D eigenvalue weighted by molar-refractivity contribution is 6.76. The Morgan fingerprint density at radius 3 is 1.95 bits per heavy atom. The number of alkyl halides is 3. The molecule has 0 unspecified atom stereocenters. The molecule has 0 radical (unpaired) electrons. The number of hydrogen-bond acceptors (Lipinski definition) is 2. The third-order valence-corrected chi connectivity index (χ3v) is 2.88. The van der Waals surface area contributed by atoms with Gasteiger partial charge < -0.3 is 0 Å². The van der Waals surface area contributed by atoms with Crippen molar-refractivity contribution < 1.29 is 9.59 Å². The van der Waals surface area contributed by atoms with Gasteiger partial charge in [0.05, 0.1) is 5.54 Å². The number of carbonyl (C=O) groups is 2. The van der Waals surface area contributed by atoms with Crippen LogP contribution in [0.15, 0.2) is 30.3 Å². The highest BCUT2D eigenvalue weighted by Crippen LogP contribution is 2.27. The topological polar surface area (TPSA) is 49.4 Å². The molecule has 0 aliphatic rings. The average Bonchev–Trinajstić information content (AvgIpc) is 2.33. The zero-order valence-electron chi connectivity index (χ0n) is 11.3. The van der Waals surface area contributed by atoms with Crippen LogP contribution in [0, 0.1) is 0 Å². The first-order chi connectivity index (χ1) is 9.03. The highest BCUT2D eigenvalue weighted by Gasteiger charge is 2.36. The van der Waals surface area contributed by atoms with Gasteiger partial charge in [0.25, 0.3) is 15.6 Å². The zero-order valence-corrected chi connectivity index (χ0v) is 13.6. The molecule has 1 rings (SSSR count). The van der Waals surface area contributed by atoms with Gasteiger partial charge in [-0.05, 0) is 32.9 Å². The Kier molecular flexibility index (Phi) is 5.30. The van der Waals surface area contributed by atoms with Crippen LogP contribution in [0.4, 0.5) is 0 Å². The Morgan fingerprint density at radius 2 is 1.55 bits per heavy atom. The molecule has 0 aromatic heterocycles. The molecule has 1 aromatic rings. The van der Waals surface area contributed by atoms with Crippen molar-refractivity contribution >= 4 is 46.6 Å². The van der Waals surface area contributed by atoms with Gasteiger partial charge in [0.1, 0.15) is 0 Å². The number of carbonyl (C=O) groups excluding carboxylic acids is 2. The molecule has 0 atom stereocenters. The smallest absolute Gasteiger partial charge is 0.268 e. The molecular formula is C13H15Cl3N2O2. The summed E-state index contributed by atoms with van der Waals surface area (Å²) in [6, 6.07) is 8.53. The lowest BCUT2D eigenvalue weighted by atomic mass is 10.1. The van der Waals surface area contributed by atoms with E-state index in [-0.39, 0.29) is 5.91 Å². The van der Waals surface area contributed by atoms with Crippen LogP contribution in [0.3, 0.4) is 0 Å². The van der Waals surface area contributed by atoms with Gasteiger partial charge >= 0.3 is 0 Å². The van der Waals surface area contributed by atoms with Gasteiger partial charge in [-0.3, -0.25) is 15.0 Å². The molecule has 110 valence electrons. The summed E-state index contributed by atoms with van der Waals surface area (Å²) < 4.78 is -2.14. The molecule has 0 saturated heterocycles. The number of amides is 2. The molecule has 0 bridgehead atoms. The molecule has 7 heteroatoms. The third-order valence-electron chi connectivity index (χ3n) is 2.37. The first kappa shape index (κ1) is 17.1. The first-order valence-electron chi connectivity index (χ1n) is 5.81. The Morgan fingerprint density at radius 1 is 1.05 bits per heavy atom. The maximum absolute atomic E-state index is 12.4.